The normalized spacial score (nSPS) is 13.9. The Kier molecular flexibility index (Phi) is 27.6. The van der Waals surface area contributed by atoms with Gasteiger partial charge in [-0.15, -0.1) is 0 Å². The molecule has 0 saturated carbocycles. The van der Waals surface area contributed by atoms with Crippen LogP contribution in [0.5, 0.6) is 0 Å². The molecule has 0 aliphatic carbocycles. The molecule has 0 radical (unpaired) electrons. The number of likely N-dealkylation sites (N-methyl/N-ethyl adjacent to an activating group) is 1. The first kappa shape index (κ1) is 43.0. The van der Waals surface area contributed by atoms with Crippen molar-refractivity contribution in [2.24, 2.45) is 0 Å². The van der Waals surface area contributed by atoms with Crippen LogP contribution >= 0.6 is 7.82 Å². The van der Waals surface area contributed by atoms with Crippen molar-refractivity contribution in [2.75, 3.05) is 47.5 Å². The average Bonchev–Trinajstić information content (AvgIpc) is 2.95. The Bertz CT molecular complexity index is 743. The summed E-state index contributed by atoms with van der Waals surface area (Å²) in [5.41, 5.74) is 0. The second kappa shape index (κ2) is 28.3. The molecule has 262 valence electrons. The lowest BCUT2D eigenvalue weighted by Gasteiger charge is -2.24. The van der Waals surface area contributed by atoms with E-state index in [-0.39, 0.29) is 25.6 Å². The van der Waals surface area contributed by atoms with Crippen molar-refractivity contribution in [2.45, 2.75) is 161 Å². The molecule has 0 fully saturated rings. The Morgan fingerprint density at radius 2 is 1.02 bits per heavy atom. The van der Waals surface area contributed by atoms with Crippen LogP contribution in [-0.2, 0) is 32.7 Å². The molecule has 1 N–H and O–H groups in total. The third-order valence-corrected chi connectivity index (χ3v) is 8.62. The molecule has 10 heteroatoms. The minimum Gasteiger partial charge on any atom is -0.462 e. The fraction of sp³-hybridized carbons (Fsp3) is 0.941. The number of ether oxygens (including phenoxy) is 2. The monoisotopic (exact) mass is 650 g/mol. The second-order valence-corrected chi connectivity index (χ2v) is 14.7. The van der Waals surface area contributed by atoms with Gasteiger partial charge >= 0.3 is 19.8 Å². The molecule has 0 spiro atoms. The van der Waals surface area contributed by atoms with Gasteiger partial charge in [-0.1, -0.05) is 129 Å². The summed E-state index contributed by atoms with van der Waals surface area (Å²) in [7, 11) is 1.48. The van der Waals surface area contributed by atoms with E-state index in [1.54, 1.807) is 0 Å². The Balaban J connectivity index is 4.43. The van der Waals surface area contributed by atoms with E-state index in [0.29, 0.717) is 23.9 Å². The average molecular weight is 651 g/mol. The summed E-state index contributed by atoms with van der Waals surface area (Å²) in [4.78, 5) is 34.9. The molecule has 0 aromatic rings. The molecule has 0 bridgehead atoms. The van der Waals surface area contributed by atoms with Crippen molar-refractivity contribution < 1.29 is 42.1 Å². The van der Waals surface area contributed by atoms with E-state index in [2.05, 4.69) is 13.8 Å². The molecule has 44 heavy (non-hydrogen) atoms. The van der Waals surface area contributed by atoms with Crippen LogP contribution in [0.1, 0.15) is 155 Å². The first-order valence-electron chi connectivity index (χ1n) is 17.8. The number of quaternary nitrogens is 1. The standard InChI is InChI=1S/C34H68NO8P/c1-6-8-10-12-14-16-17-18-19-21-22-24-26-33(36)40-30-32(31-42-44(38,39)41-29-28-35(3,4)5)43-34(37)27-25-23-20-15-13-11-9-7-2/h32H,6-31H2,1-5H3/p+1/t32-/m0/s1. The molecule has 0 aromatic heterocycles. The number of esters is 2. The van der Waals surface area contributed by atoms with Crippen LogP contribution in [0.15, 0.2) is 0 Å². The smallest absolute Gasteiger partial charge is 0.462 e. The lowest BCUT2D eigenvalue weighted by Crippen LogP contribution is -2.37. The van der Waals surface area contributed by atoms with Gasteiger partial charge in [0.25, 0.3) is 0 Å². The van der Waals surface area contributed by atoms with Crippen LogP contribution in [0.25, 0.3) is 0 Å². The van der Waals surface area contributed by atoms with E-state index in [0.717, 1.165) is 32.1 Å². The first-order chi connectivity index (χ1) is 21.0. The fourth-order valence-electron chi connectivity index (χ4n) is 4.78. The molecule has 0 amide bonds. The number of nitrogens with zero attached hydrogens (tertiary/aromatic N) is 1. The number of unbranched alkanes of at least 4 members (excludes halogenated alkanes) is 18. The zero-order valence-corrected chi connectivity index (χ0v) is 30.1. The Labute approximate surface area is 270 Å². The largest absolute Gasteiger partial charge is 0.472 e. The van der Waals surface area contributed by atoms with Gasteiger partial charge in [0.2, 0.25) is 0 Å². The molecule has 0 heterocycles. The molecule has 0 aliphatic rings. The van der Waals surface area contributed by atoms with E-state index in [4.69, 9.17) is 18.5 Å². The van der Waals surface area contributed by atoms with Gasteiger partial charge in [-0.05, 0) is 12.8 Å². The highest BCUT2D eigenvalue weighted by molar-refractivity contribution is 7.47. The van der Waals surface area contributed by atoms with Crippen molar-refractivity contribution in [3.63, 3.8) is 0 Å². The highest BCUT2D eigenvalue weighted by Gasteiger charge is 2.27. The van der Waals surface area contributed by atoms with E-state index in [1.807, 2.05) is 21.1 Å². The maximum Gasteiger partial charge on any atom is 0.472 e. The molecule has 0 aromatic carbocycles. The molecule has 0 saturated heterocycles. The summed E-state index contributed by atoms with van der Waals surface area (Å²) < 4.78 is 34.0. The molecule has 1 unspecified atom stereocenters. The van der Waals surface area contributed by atoms with E-state index in [1.165, 1.54) is 89.9 Å². The third kappa shape index (κ3) is 31.0. The zero-order chi connectivity index (χ0) is 32.9. The fourth-order valence-corrected chi connectivity index (χ4v) is 5.52. The van der Waals surface area contributed by atoms with Gasteiger partial charge in [0.05, 0.1) is 27.7 Å². The summed E-state index contributed by atoms with van der Waals surface area (Å²) in [6, 6.07) is 0. The lowest BCUT2D eigenvalue weighted by molar-refractivity contribution is -0.870. The Morgan fingerprint density at radius 1 is 0.614 bits per heavy atom. The van der Waals surface area contributed by atoms with E-state index in [9.17, 15) is 19.0 Å². The van der Waals surface area contributed by atoms with Gasteiger partial charge in [0, 0.05) is 12.8 Å². The van der Waals surface area contributed by atoms with Crippen LogP contribution in [0.4, 0.5) is 0 Å². The number of carbonyl (C=O) groups excluding carboxylic acids is 2. The summed E-state index contributed by atoms with van der Waals surface area (Å²) in [6.07, 6.45) is 23.0. The molecule has 0 aliphatic heterocycles. The maximum atomic E-state index is 12.5. The predicted molar refractivity (Wildman–Crippen MR) is 178 cm³/mol. The minimum absolute atomic E-state index is 0.0359. The number of carbonyl (C=O) groups is 2. The summed E-state index contributed by atoms with van der Waals surface area (Å²) in [5.74, 6) is -0.798. The van der Waals surface area contributed by atoms with Gasteiger partial charge in [-0.25, -0.2) is 4.57 Å². The van der Waals surface area contributed by atoms with Gasteiger partial charge in [0.15, 0.2) is 6.10 Å². The summed E-state index contributed by atoms with van der Waals surface area (Å²) in [6.45, 7) is 4.37. The molecular weight excluding hydrogens is 581 g/mol. The highest BCUT2D eigenvalue weighted by atomic mass is 31.2. The Morgan fingerprint density at radius 3 is 1.45 bits per heavy atom. The highest BCUT2D eigenvalue weighted by Crippen LogP contribution is 2.43. The quantitative estimate of drug-likeness (QED) is 0.0333. The summed E-state index contributed by atoms with van der Waals surface area (Å²) >= 11 is 0. The lowest BCUT2D eigenvalue weighted by atomic mass is 10.0. The van der Waals surface area contributed by atoms with Crippen LogP contribution in [0, 0.1) is 0 Å². The van der Waals surface area contributed by atoms with E-state index < -0.39 is 26.5 Å². The van der Waals surface area contributed by atoms with Crippen LogP contribution in [0.3, 0.4) is 0 Å². The third-order valence-electron chi connectivity index (χ3n) is 7.64. The van der Waals surface area contributed by atoms with Crippen molar-refractivity contribution in [3.8, 4) is 0 Å². The van der Waals surface area contributed by atoms with E-state index >= 15 is 0 Å². The molecule has 0 rings (SSSR count). The topological polar surface area (TPSA) is 108 Å². The SMILES string of the molecule is CCCCCCCCCCCCCCC(=O)OC[C@@H](COP(=O)(O)OCC[N+](C)(C)C)OC(=O)CCCCCCCCCC. The van der Waals surface area contributed by atoms with Gasteiger partial charge in [0.1, 0.15) is 19.8 Å². The molecule has 2 atom stereocenters. The Hall–Kier alpha value is -0.990. The number of hydrogen-bond donors (Lipinski definition) is 1. The van der Waals surface area contributed by atoms with Crippen molar-refractivity contribution in [1.29, 1.82) is 0 Å². The molecule has 9 nitrogen and oxygen atoms in total. The van der Waals surface area contributed by atoms with Crippen LogP contribution in [-0.4, -0.2) is 74.9 Å². The first-order valence-corrected chi connectivity index (χ1v) is 19.3. The van der Waals surface area contributed by atoms with Crippen LogP contribution in [0.2, 0.25) is 0 Å². The van der Waals surface area contributed by atoms with Crippen LogP contribution < -0.4 is 0 Å². The minimum atomic E-state index is -4.35. The number of hydrogen-bond acceptors (Lipinski definition) is 7. The van der Waals surface area contributed by atoms with Gasteiger partial charge in [-0.3, -0.25) is 18.6 Å². The number of rotatable bonds is 32. The predicted octanol–water partition coefficient (Wildman–Crippen LogP) is 8.90. The second-order valence-electron chi connectivity index (χ2n) is 13.3. The van der Waals surface area contributed by atoms with Crippen molar-refractivity contribution >= 4 is 19.8 Å². The summed E-state index contributed by atoms with van der Waals surface area (Å²) in [5, 5.41) is 0. The zero-order valence-electron chi connectivity index (χ0n) is 29.2. The molecular formula is C34H69NO8P+. The van der Waals surface area contributed by atoms with Crippen molar-refractivity contribution in [3.05, 3.63) is 0 Å². The van der Waals surface area contributed by atoms with Gasteiger partial charge < -0.3 is 18.9 Å². The number of phosphoric acid groups is 1. The van der Waals surface area contributed by atoms with Gasteiger partial charge in [-0.2, -0.15) is 0 Å². The maximum absolute atomic E-state index is 12.5. The number of phosphoric ester groups is 1. The van der Waals surface area contributed by atoms with Crippen molar-refractivity contribution in [1.82, 2.24) is 0 Å².